The maximum Gasteiger partial charge on any atom is 0.322 e. The van der Waals surface area contributed by atoms with Crippen molar-refractivity contribution in [1.29, 1.82) is 0 Å². The van der Waals surface area contributed by atoms with Crippen molar-refractivity contribution in [2.24, 2.45) is 52.1 Å². The van der Waals surface area contributed by atoms with E-state index < -0.39 is 12.0 Å². The van der Waals surface area contributed by atoms with Crippen molar-refractivity contribution in [3.05, 3.63) is 0 Å². The molecule has 0 aromatic rings. The molecule has 4 aliphatic carbocycles. The second-order valence-corrected chi connectivity index (χ2v) is 13.7. The Hall–Kier alpha value is -1.63. The molecule has 1 amide bonds. The van der Waals surface area contributed by atoms with Gasteiger partial charge in [-0.25, -0.2) is 0 Å². The Morgan fingerprint density at radius 1 is 0.895 bits per heavy atom. The summed E-state index contributed by atoms with van der Waals surface area (Å²) in [7, 11) is 2.81. The normalized spacial score (nSPS) is 39.6. The molecule has 4 rings (SSSR count). The number of amides is 1. The standard InChI is InChI=1S/C31H52N2O5/c1-19(6-13-28(35)37-4)23-9-10-24-22-8-7-20-18-21(33-27(34)12-11-26(32)29(36)38-5)14-16-30(20,2)25(22)15-17-31(23,24)3/h19-26H,6-18,32H2,1-5H3,(H,33,34)/t19-,20-,21+,22+,23-,24+,25+,26+,30+,31-/m1/s1. The number of hydrogen-bond donors (Lipinski definition) is 2. The molecule has 0 aromatic heterocycles. The minimum atomic E-state index is -0.737. The zero-order valence-electron chi connectivity index (χ0n) is 24.4. The van der Waals surface area contributed by atoms with Gasteiger partial charge in [0, 0.05) is 18.9 Å². The van der Waals surface area contributed by atoms with Gasteiger partial charge in [0.25, 0.3) is 0 Å². The molecule has 38 heavy (non-hydrogen) atoms. The first-order valence-electron chi connectivity index (χ1n) is 15.2. The fourth-order valence-corrected chi connectivity index (χ4v) is 9.87. The molecule has 0 saturated heterocycles. The van der Waals surface area contributed by atoms with Gasteiger partial charge in [0.2, 0.25) is 5.91 Å². The highest BCUT2D eigenvalue weighted by atomic mass is 16.5. The number of nitrogens with two attached hydrogens (primary N) is 1. The Morgan fingerprint density at radius 2 is 1.61 bits per heavy atom. The second-order valence-electron chi connectivity index (χ2n) is 13.7. The molecule has 0 unspecified atom stereocenters. The van der Waals surface area contributed by atoms with Gasteiger partial charge in [0.05, 0.1) is 14.2 Å². The van der Waals surface area contributed by atoms with Crippen molar-refractivity contribution in [1.82, 2.24) is 5.32 Å². The van der Waals surface area contributed by atoms with E-state index in [1.54, 1.807) is 0 Å². The van der Waals surface area contributed by atoms with Crippen LogP contribution in [0.4, 0.5) is 0 Å². The van der Waals surface area contributed by atoms with Crippen LogP contribution in [0.25, 0.3) is 0 Å². The summed E-state index contributed by atoms with van der Waals surface area (Å²) in [5.41, 5.74) is 6.57. The van der Waals surface area contributed by atoms with E-state index in [4.69, 9.17) is 10.5 Å². The van der Waals surface area contributed by atoms with E-state index in [2.05, 4.69) is 30.8 Å². The summed E-state index contributed by atoms with van der Waals surface area (Å²) < 4.78 is 9.57. The molecule has 7 nitrogen and oxygen atoms in total. The molecule has 7 heteroatoms. The summed E-state index contributed by atoms with van der Waals surface area (Å²) >= 11 is 0. The van der Waals surface area contributed by atoms with Gasteiger partial charge in [-0.2, -0.15) is 0 Å². The van der Waals surface area contributed by atoms with E-state index in [1.807, 2.05) is 0 Å². The van der Waals surface area contributed by atoms with Gasteiger partial charge < -0.3 is 20.5 Å². The summed E-state index contributed by atoms with van der Waals surface area (Å²) in [4.78, 5) is 35.9. The number of hydrogen-bond acceptors (Lipinski definition) is 6. The predicted molar refractivity (Wildman–Crippen MR) is 147 cm³/mol. The third kappa shape index (κ3) is 5.64. The lowest BCUT2D eigenvalue weighted by molar-refractivity contribution is -0.142. The minimum absolute atomic E-state index is 0.00149. The van der Waals surface area contributed by atoms with Gasteiger partial charge in [0.1, 0.15) is 6.04 Å². The zero-order valence-corrected chi connectivity index (χ0v) is 24.4. The van der Waals surface area contributed by atoms with Crippen molar-refractivity contribution in [3.8, 4) is 0 Å². The fraction of sp³-hybridized carbons (Fsp3) is 0.903. The van der Waals surface area contributed by atoms with Gasteiger partial charge >= 0.3 is 11.9 Å². The molecular formula is C31H52N2O5. The van der Waals surface area contributed by atoms with Crippen LogP contribution in [0.3, 0.4) is 0 Å². The van der Waals surface area contributed by atoms with Gasteiger partial charge in [-0.15, -0.1) is 0 Å². The molecule has 0 spiro atoms. The van der Waals surface area contributed by atoms with Crippen molar-refractivity contribution in [2.75, 3.05) is 14.2 Å². The average Bonchev–Trinajstić information content (AvgIpc) is 3.27. The highest BCUT2D eigenvalue weighted by molar-refractivity contribution is 5.79. The third-order valence-corrected chi connectivity index (χ3v) is 12.0. The van der Waals surface area contributed by atoms with Crippen molar-refractivity contribution in [2.45, 2.75) is 116 Å². The van der Waals surface area contributed by atoms with Crippen molar-refractivity contribution < 1.29 is 23.9 Å². The average molecular weight is 533 g/mol. The van der Waals surface area contributed by atoms with Crippen LogP contribution >= 0.6 is 0 Å². The Balaban J connectivity index is 1.33. The Bertz CT molecular complexity index is 878. The summed E-state index contributed by atoms with van der Waals surface area (Å²) in [6, 6.07) is -0.509. The highest BCUT2D eigenvalue weighted by Crippen LogP contribution is 2.68. The number of ether oxygens (including phenoxy) is 2. The molecule has 10 atom stereocenters. The smallest absolute Gasteiger partial charge is 0.322 e. The SMILES string of the molecule is COC(=O)CC[C@@H](C)[C@H]1CC[C@H]2[C@@H]3CC[C@@H]4C[C@@H](NC(=O)CC[C@H](N)C(=O)OC)CC[C@]4(C)[C@H]3CC[C@]12C. The lowest BCUT2D eigenvalue weighted by atomic mass is 9.44. The molecule has 0 heterocycles. The number of fused-ring (bicyclic) bond motifs is 5. The summed E-state index contributed by atoms with van der Waals surface area (Å²) in [5, 5.41) is 3.26. The van der Waals surface area contributed by atoms with E-state index in [9.17, 15) is 14.4 Å². The highest BCUT2D eigenvalue weighted by Gasteiger charge is 2.60. The van der Waals surface area contributed by atoms with Crippen LogP contribution in [-0.2, 0) is 23.9 Å². The molecular weight excluding hydrogens is 480 g/mol. The van der Waals surface area contributed by atoms with Crippen LogP contribution in [0.2, 0.25) is 0 Å². The van der Waals surface area contributed by atoms with Crippen LogP contribution in [-0.4, -0.2) is 44.1 Å². The number of carbonyl (C=O) groups is 3. The van der Waals surface area contributed by atoms with Crippen LogP contribution in [0.15, 0.2) is 0 Å². The van der Waals surface area contributed by atoms with E-state index in [0.717, 1.165) is 37.0 Å². The lowest BCUT2D eigenvalue weighted by Crippen LogP contribution is -2.55. The fourth-order valence-electron chi connectivity index (χ4n) is 9.87. The first-order valence-corrected chi connectivity index (χ1v) is 15.2. The van der Waals surface area contributed by atoms with Gasteiger partial charge in [-0.3, -0.25) is 14.4 Å². The van der Waals surface area contributed by atoms with Crippen molar-refractivity contribution in [3.63, 3.8) is 0 Å². The molecule has 0 bridgehead atoms. The monoisotopic (exact) mass is 532 g/mol. The van der Waals surface area contributed by atoms with E-state index in [1.165, 1.54) is 59.2 Å². The molecule has 0 aromatic carbocycles. The van der Waals surface area contributed by atoms with Gasteiger partial charge in [0.15, 0.2) is 0 Å². The molecule has 0 radical (unpaired) electrons. The topological polar surface area (TPSA) is 108 Å². The number of carbonyl (C=O) groups excluding carboxylic acids is 3. The Kier molecular flexibility index (Phi) is 9.16. The molecule has 4 aliphatic rings. The number of nitrogens with one attached hydrogen (secondary N) is 1. The maximum atomic E-state index is 12.6. The molecule has 3 N–H and O–H groups in total. The van der Waals surface area contributed by atoms with E-state index in [-0.39, 0.29) is 24.3 Å². The first-order chi connectivity index (χ1) is 18.0. The van der Waals surface area contributed by atoms with Crippen LogP contribution in [0.5, 0.6) is 0 Å². The minimum Gasteiger partial charge on any atom is -0.469 e. The van der Waals surface area contributed by atoms with Crippen LogP contribution < -0.4 is 11.1 Å². The van der Waals surface area contributed by atoms with Gasteiger partial charge in [-0.05, 0) is 117 Å². The summed E-state index contributed by atoms with van der Waals surface area (Å²) in [6.45, 7) is 7.51. The second kappa shape index (κ2) is 11.9. The lowest BCUT2D eigenvalue weighted by Gasteiger charge is -2.61. The quantitative estimate of drug-likeness (QED) is 0.405. The first kappa shape index (κ1) is 29.4. The maximum absolute atomic E-state index is 12.6. The predicted octanol–water partition coefficient (Wildman–Crippen LogP) is 5.00. The van der Waals surface area contributed by atoms with Gasteiger partial charge in [-0.1, -0.05) is 20.8 Å². The van der Waals surface area contributed by atoms with Crippen LogP contribution in [0.1, 0.15) is 104 Å². The van der Waals surface area contributed by atoms with Crippen molar-refractivity contribution >= 4 is 17.8 Å². The van der Waals surface area contributed by atoms with Crippen LogP contribution in [0, 0.1) is 46.3 Å². The Labute approximate surface area is 229 Å². The number of esters is 2. The molecule has 4 saturated carbocycles. The van der Waals surface area contributed by atoms with E-state index >= 15 is 0 Å². The molecule has 4 fully saturated rings. The molecule has 0 aliphatic heterocycles. The molecule has 216 valence electrons. The third-order valence-electron chi connectivity index (χ3n) is 12.0. The Morgan fingerprint density at radius 3 is 2.32 bits per heavy atom. The zero-order chi connectivity index (χ0) is 27.7. The number of rotatable bonds is 9. The summed E-state index contributed by atoms with van der Waals surface area (Å²) in [6.07, 6.45) is 13.2. The number of methoxy groups -OCH3 is 2. The summed E-state index contributed by atoms with van der Waals surface area (Å²) in [5.74, 6) is 3.81. The van der Waals surface area contributed by atoms with E-state index in [0.29, 0.717) is 41.4 Å². The largest absolute Gasteiger partial charge is 0.469 e.